The number of thiophene rings is 1. The van der Waals surface area contributed by atoms with Gasteiger partial charge in [0.2, 0.25) is 0 Å². The summed E-state index contributed by atoms with van der Waals surface area (Å²) in [5, 5.41) is 2.17. The molecule has 0 aromatic carbocycles. The van der Waals surface area contributed by atoms with Gasteiger partial charge in [-0.25, -0.2) is 0 Å². The zero-order valence-electron chi connectivity index (χ0n) is 11.1. The molecule has 0 aliphatic carbocycles. The minimum absolute atomic E-state index is 0.254. The van der Waals surface area contributed by atoms with E-state index in [1.807, 2.05) is 11.3 Å². The summed E-state index contributed by atoms with van der Waals surface area (Å²) in [4.78, 5) is 4.09. The Morgan fingerprint density at radius 3 is 2.88 bits per heavy atom. The standard InChI is InChI=1S/C14H24N2S/c1-11-9-12(15)6-7-16(11)10-14(2,3)13-5-4-8-17-13/h4-5,8,11-12H,6-7,9-10,15H2,1-3H3. The third-order valence-corrected chi connectivity index (χ3v) is 5.08. The zero-order valence-corrected chi connectivity index (χ0v) is 12.0. The Morgan fingerprint density at radius 2 is 2.29 bits per heavy atom. The molecule has 1 aliphatic rings. The van der Waals surface area contributed by atoms with E-state index in [2.05, 4.69) is 43.2 Å². The van der Waals surface area contributed by atoms with Crippen molar-refractivity contribution in [1.82, 2.24) is 4.90 Å². The quantitative estimate of drug-likeness (QED) is 0.896. The molecular weight excluding hydrogens is 228 g/mol. The number of likely N-dealkylation sites (tertiary alicyclic amines) is 1. The number of nitrogens with zero attached hydrogens (tertiary/aromatic N) is 1. The van der Waals surface area contributed by atoms with Crippen molar-refractivity contribution in [3.05, 3.63) is 22.4 Å². The van der Waals surface area contributed by atoms with Crippen LogP contribution in [0.2, 0.25) is 0 Å². The summed E-state index contributed by atoms with van der Waals surface area (Å²) in [6.45, 7) is 9.29. The average Bonchev–Trinajstić information content (AvgIpc) is 2.76. The Morgan fingerprint density at radius 1 is 1.53 bits per heavy atom. The molecule has 0 bridgehead atoms. The smallest absolute Gasteiger partial charge is 0.0118 e. The van der Waals surface area contributed by atoms with Gasteiger partial charge in [-0.15, -0.1) is 11.3 Å². The van der Waals surface area contributed by atoms with E-state index in [1.54, 1.807) is 0 Å². The van der Waals surface area contributed by atoms with Crippen LogP contribution in [0.3, 0.4) is 0 Å². The van der Waals surface area contributed by atoms with Crippen molar-refractivity contribution < 1.29 is 0 Å². The Bertz CT molecular complexity index is 345. The fourth-order valence-electron chi connectivity index (χ4n) is 2.74. The van der Waals surface area contributed by atoms with Crippen LogP contribution in [0.1, 0.15) is 38.5 Å². The average molecular weight is 252 g/mol. The summed E-state index contributed by atoms with van der Waals surface area (Å²) < 4.78 is 0. The third-order valence-electron chi connectivity index (χ3n) is 3.84. The first kappa shape index (κ1) is 13.1. The van der Waals surface area contributed by atoms with E-state index in [-0.39, 0.29) is 5.41 Å². The molecule has 0 saturated carbocycles. The van der Waals surface area contributed by atoms with Crippen LogP contribution in [0, 0.1) is 0 Å². The molecule has 0 amide bonds. The van der Waals surface area contributed by atoms with Gasteiger partial charge in [0.25, 0.3) is 0 Å². The highest BCUT2D eigenvalue weighted by atomic mass is 32.1. The molecule has 1 aromatic rings. The van der Waals surface area contributed by atoms with Gasteiger partial charge >= 0.3 is 0 Å². The van der Waals surface area contributed by atoms with Crippen LogP contribution in [-0.4, -0.2) is 30.1 Å². The summed E-state index contributed by atoms with van der Waals surface area (Å²) in [6, 6.07) is 5.44. The van der Waals surface area contributed by atoms with Gasteiger partial charge in [0.05, 0.1) is 0 Å². The molecule has 2 rings (SSSR count). The fourth-order valence-corrected chi connectivity index (χ4v) is 3.59. The molecule has 2 N–H and O–H groups in total. The Balaban J connectivity index is 2.01. The predicted octanol–water partition coefficient (Wildman–Crippen LogP) is 2.84. The minimum atomic E-state index is 0.254. The van der Waals surface area contributed by atoms with E-state index in [0.29, 0.717) is 12.1 Å². The molecule has 2 unspecified atom stereocenters. The highest BCUT2D eigenvalue weighted by Gasteiger charge is 2.30. The van der Waals surface area contributed by atoms with Crippen LogP contribution in [0.25, 0.3) is 0 Å². The van der Waals surface area contributed by atoms with Crippen molar-refractivity contribution in [3.8, 4) is 0 Å². The van der Waals surface area contributed by atoms with Crippen molar-refractivity contribution in [1.29, 1.82) is 0 Å². The second-order valence-corrected chi connectivity index (χ2v) is 6.91. The molecule has 2 nitrogen and oxygen atoms in total. The highest BCUT2D eigenvalue weighted by molar-refractivity contribution is 7.10. The van der Waals surface area contributed by atoms with E-state index in [4.69, 9.17) is 5.73 Å². The molecule has 2 heterocycles. The maximum Gasteiger partial charge on any atom is 0.0118 e. The fraction of sp³-hybridized carbons (Fsp3) is 0.714. The summed E-state index contributed by atoms with van der Waals surface area (Å²) in [5.41, 5.74) is 6.27. The second-order valence-electron chi connectivity index (χ2n) is 5.97. The molecule has 1 saturated heterocycles. The Kier molecular flexibility index (Phi) is 3.91. The van der Waals surface area contributed by atoms with Crippen molar-refractivity contribution in [2.24, 2.45) is 5.73 Å². The van der Waals surface area contributed by atoms with E-state index in [9.17, 15) is 0 Å². The van der Waals surface area contributed by atoms with Crippen molar-refractivity contribution in [2.75, 3.05) is 13.1 Å². The normalized spacial score (nSPS) is 27.3. The molecule has 1 aliphatic heterocycles. The van der Waals surface area contributed by atoms with Gasteiger partial charge in [-0.2, -0.15) is 0 Å². The van der Waals surface area contributed by atoms with Gasteiger partial charge in [-0.3, -0.25) is 4.90 Å². The SMILES string of the molecule is CC1CC(N)CCN1CC(C)(C)c1cccs1. The summed E-state index contributed by atoms with van der Waals surface area (Å²) in [5.74, 6) is 0. The monoisotopic (exact) mass is 252 g/mol. The van der Waals surface area contributed by atoms with Gasteiger partial charge in [0, 0.05) is 28.9 Å². The number of hydrogen-bond donors (Lipinski definition) is 1. The molecule has 0 spiro atoms. The molecule has 1 aromatic heterocycles. The lowest BCUT2D eigenvalue weighted by Gasteiger charge is -2.40. The lowest BCUT2D eigenvalue weighted by Crippen LogP contribution is -2.49. The maximum atomic E-state index is 6.02. The van der Waals surface area contributed by atoms with Crippen LogP contribution in [0.4, 0.5) is 0 Å². The van der Waals surface area contributed by atoms with E-state index < -0.39 is 0 Å². The second kappa shape index (κ2) is 5.09. The summed E-state index contributed by atoms with van der Waals surface area (Å²) >= 11 is 1.87. The van der Waals surface area contributed by atoms with Crippen LogP contribution >= 0.6 is 11.3 Å². The van der Waals surface area contributed by atoms with E-state index >= 15 is 0 Å². The lowest BCUT2D eigenvalue weighted by atomic mass is 9.88. The molecule has 3 heteroatoms. The van der Waals surface area contributed by atoms with E-state index in [0.717, 1.165) is 25.9 Å². The zero-order chi connectivity index (χ0) is 12.5. The third kappa shape index (κ3) is 3.09. The highest BCUT2D eigenvalue weighted by Crippen LogP contribution is 2.30. The van der Waals surface area contributed by atoms with Crippen LogP contribution < -0.4 is 5.73 Å². The predicted molar refractivity (Wildman–Crippen MR) is 75.6 cm³/mol. The van der Waals surface area contributed by atoms with Crippen molar-refractivity contribution in [3.63, 3.8) is 0 Å². The molecule has 2 atom stereocenters. The number of hydrogen-bond acceptors (Lipinski definition) is 3. The van der Waals surface area contributed by atoms with Gasteiger partial charge in [-0.05, 0) is 37.8 Å². The molecule has 17 heavy (non-hydrogen) atoms. The first-order chi connectivity index (χ1) is 7.99. The number of rotatable bonds is 3. The maximum absolute atomic E-state index is 6.02. The minimum Gasteiger partial charge on any atom is -0.328 e. The number of nitrogens with two attached hydrogens (primary N) is 1. The number of piperidine rings is 1. The first-order valence-electron chi connectivity index (χ1n) is 6.52. The van der Waals surface area contributed by atoms with Gasteiger partial charge < -0.3 is 5.73 Å². The Labute approximate surface area is 109 Å². The summed E-state index contributed by atoms with van der Waals surface area (Å²) in [6.07, 6.45) is 2.28. The Hall–Kier alpha value is -0.380. The van der Waals surface area contributed by atoms with Gasteiger partial charge in [0.1, 0.15) is 0 Å². The van der Waals surface area contributed by atoms with Crippen LogP contribution in [-0.2, 0) is 5.41 Å². The lowest BCUT2D eigenvalue weighted by molar-refractivity contribution is 0.122. The molecular formula is C14H24N2S. The van der Waals surface area contributed by atoms with Crippen molar-refractivity contribution >= 4 is 11.3 Å². The van der Waals surface area contributed by atoms with Crippen molar-refractivity contribution in [2.45, 2.75) is 51.1 Å². The molecule has 1 fully saturated rings. The van der Waals surface area contributed by atoms with E-state index in [1.165, 1.54) is 4.88 Å². The van der Waals surface area contributed by atoms with Crippen LogP contribution in [0.15, 0.2) is 17.5 Å². The van der Waals surface area contributed by atoms with Crippen LogP contribution in [0.5, 0.6) is 0 Å². The largest absolute Gasteiger partial charge is 0.328 e. The first-order valence-corrected chi connectivity index (χ1v) is 7.40. The summed E-state index contributed by atoms with van der Waals surface area (Å²) in [7, 11) is 0. The molecule has 96 valence electrons. The molecule has 0 radical (unpaired) electrons. The topological polar surface area (TPSA) is 29.3 Å². The van der Waals surface area contributed by atoms with Gasteiger partial charge in [0.15, 0.2) is 0 Å². The van der Waals surface area contributed by atoms with Gasteiger partial charge in [-0.1, -0.05) is 19.9 Å².